The molecular weight excluding hydrogens is 499 g/mol. The van der Waals surface area contributed by atoms with E-state index in [4.69, 9.17) is 15.5 Å². The number of amides is 2. The maximum absolute atomic E-state index is 14.6. The highest BCUT2D eigenvalue weighted by Gasteiger charge is 2.42. The first-order valence-electron chi connectivity index (χ1n) is 13.5. The average molecular weight is 537 g/mol. The fourth-order valence-electron chi connectivity index (χ4n) is 5.44. The molecule has 2 fully saturated rings. The molecule has 11 heteroatoms. The number of rotatable bonds is 8. The van der Waals surface area contributed by atoms with Gasteiger partial charge in [0.2, 0.25) is 5.95 Å². The van der Waals surface area contributed by atoms with Crippen LogP contribution in [0, 0.1) is 6.92 Å². The van der Waals surface area contributed by atoms with Crippen LogP contribution in [-0.2, 0) is 11.2 Å². The van der Waals surface area contributed by atoms with Crippen LogP contribution < -0.4 is 11.1 Å². The van der Waals surface area contributed by atoms with Gasteiger partial charge in [-0.2, -0.15) is 5.10 Å². The van der Waals surface area contributed by atoms with Crippen molar-refractivity contribution in [2.45, 2.75) is 64.1 Å². The van der Waals surface area contributed by atoms with E-state index in [-0.39, 0.29) is 24.3 Å². The van der Waals surface area contributed by atoms with Gasteiger partial charge in [0.1, 0.15) is 6.17 Å². The molecule has 0 saturated carbocycles. The van der Waals surface area contributed by atoms with Crippen molar-refractivity contribution in [3.63, 3.8) is 0 Å². The average Bonchev–Trinajstić information content (AvgIpc) is 3.33. The first-order chi connectivity index (χ1) is 18.7. The molecule has 4 heterocycles. The molecule has 4 unspecified atom stereocenters. The van der Waals surface area contributed by atoms with Gasteiger partial charge in [0, 0.05) is 31.0 Å². The zero-order chi connectivity index (χ0) is 27.7. The number of hydrogen-bond donors (Lipinski definition) is 2. The van der Waals surface area contributed by atoms with Crippen LogP contribution >= 0.6 is 0 Å². The van der Waals surface area contributed by atoms with E-state index in [9.17, 15) is 9.18 Å². The van der Waals surface area contributed by atoms with Crippen molar-refractivity contribution in [2.75, 3.05) is 32.0 Å². The topological polar surface area (TPSA) is 114 Å². The molecule has 2 amide bonds. The molecule has 5 rings (SSSR count). The minimum absolute atomic E-state index is 0.0216. The maximum atomic E-state index is 14.6. The second-order valence-corrected chi connectivity index (χ2v) is 10.9. The summed E-state index contributed by atoms with van der Waals surface area (Å²) in [5.74, 6) is 0.439. The largest absolute Gasteiger partial charge is 0.372 e. The molecule has 2 aliphatic rings. The van der Waals surface area contributed by atoms with Crippen molar-refractivity contribution >= 4 is 17.7 Å². The number of likely N-dealkylation sites (tertiary alicyclic amines) is 2. The Balaban J connectivity index is 1.27. The number of halogens is 1. The Morgan fingerprint density at radius 2 is 2.10 bits per heavy atom. The number of aromatic nitrogens is 4. The first kappa shape index (κ1) is 27.0. The van der Waals surface area contributed by atoms with Gasteiger partial charge in [-0.05, 0) is 63.9 Å². The summed E-state index contributed by atoms with van der Waals surface area (Å²) in [5.41, 5.74) is 10.3. The van der Waals surface area contributed by atoms with E-state index in [0.29, 0.717) is 37.6 Å². The molecule has 3 aromatic rings. The van der Waals surface area contributed by atoms with Crippen molar-refractivity contribution in [3.8, 4) is 11.3 Å². The number of carbonyl (C=O) groups excluding carboxylic acids is 1. The normalized spacial score (nSPS) is 23.6. The highest BCUT2D eigenvalue weighted by molar-refractivity contribution is 5.74. The number of urea groups is 1. The number of primary amides is 1. The number of nitrogens with zero attached hydrogens (tertiary/aromatic N) is 6. The van der Waals surface area contributed by atoms with Crippen molar-refractivity contribution in [1.29, 1.82) is 0 Å². The van der Waals surface area contributed by atoms with E-state index >= 15 is 0 Å². The molecule has 0 bridgehead atoms. The Bertz CT molecular complexity index is 1310. The Kier molecular flexibility index (Phi) is 7.81. The van der Waals surface area contributed by atoms with Gasteiger partial charge in [0.25, 0.3) is 0 Å². The molecule has 2 aliphatic heterocycles. The molecule has 0 aliphatic carbocycles. The fourth-order valence-corrected chi connectivity index (χ4v) is 5.44. The number of anilines is 2. The smallest absolute Gasteiger partial charge is 0.315 e. The van der Waals surface area contributed by atoms with Crippen LogP contribution in [0.2, 0.25) is 0 Å². The van der Waals surface area contributed by atoms with Crippen LogP contribution in [0.1, 0.15) is 37.4 Å². The molecule has 1 aromatic carbocycles. The number of ether oxygens (including phenoxy) is 1. The number of nitrogens with one attached hydrogen (secondary N) is 1. The zero-order valence-electron chi connectivity index (χ0n) is 22.9. The standard InChI is InChI=1S/C28H37FN8O2/c1-17(2)39-26-16-36(27(30)38)25(26)12-19-5-6-20(11-18(19)3)23-7-9-31-28(34-23)33-21-13-32-37(14-21)24-8-10-35(4)15-22(24)29/h5-7,9,11,13-14,17,22,24-26H,8,10,12,15-16H2,1-4H3,(H2,30,38)(H,31,33,34). The molecule has 0 radical (unpaired) electrons. The minimum atomic E-state index is -0.959. The van der Waals surface area contributed by atoms with Gasteiger partial charge >= 0.3 is 6.03 Å². The van der Waals surface area contributed by atoms with Crippen LogP contribution in [0.3, 0.4) is 0 Å². The summed E-state index contributed by atoms with van der Waals surface area (Å²) >= 11 is 0. The Morgan fingerprint density at radius 3 is 2.82 bits per heavy atom. The predicted molar refractivity (Wildman–Crippen MR) is 148 cm³/mol. The van der Waals surface area contributed by atoms with E-state index in [0.717, 1.165) is 28.9 Å². The monoisotopic (exact) mass is 536 g/mol. The van der Waals surface area contributed by atoms with Gasteiger partial charge in [-0.25, -0.2) is 19.2 Å². The molecule has 4 atom stereocenters. The third-order valence-corrected chi connectivity index (χ3v) is 7.57. The molecule has 10 nitrogen and oxygen atoms in total. The molecule has 208 valence electrons. The third-order valence-electron chi connectivity index (χ3n) is 7.57. The summed E-state index contributed by atoms with van der Waals surface area (Å²) in [6.07, 6.45) is 5.68. The lowest BCUT2D eigenvalue weighted by atomic mass is 9.89. The van der Waals surface area contributed by atoms with E-state index in [2.05, 4.69) is 34.5 Å². The van der Waals surface area contributed by atoms with Crippen LogP contribution in [0.25, 0.3) is 11.3 Å². The Labute approximate surface area is 228 Å². The van der Waals surface area contributed by atoms with Gasteiger partial charge in [-0.3, -0.25) is 4.68 Å². The minimum Gasteiger partial charge on any atom is -0.372 e. The van der Waals surface area contributed by atoms with E-state index in [1.807, 2.05) is 44.1 Å². The number of alkyl halides is 1. The van der Waals surface area contributed by atoms with Gasteiger partial charge < -0.3 is 25.6 Å². The summed E-state index contributed by atoms with van der Waals surface area (Å²) in [5, 5.41) is 7.58. The van der Waals surface area contributed by atoms with Gasteiger partial charge in [0.05, 0.1) is 48.4 Å². The Hall–Kier alpha value is -3.57. The van der Waals surface area contributed by atoms with Crippen LogP contribution in [-0.4, -0.2) is 86.7 Å². The number of aryl methyl sites for hydroxylation is 1. The molecule has 39 heavy (non-hydrogen) atoms. The predicted octanol–water partition coefficient (Wildman–Crippen LogP) is 3.71. The van der Waals surface area contributed by atoms with Gasteiger partial charge in [0.15, 0.2) is 0 Å². The van der Waals surface area contributed by atoms with Gasteiger partial charge in [-0.15, -0.1) is 0 Å². The van der Waals surface area contributed by atoms with Gasteiger partial charge in [-0.1, -0.05) is 12.1 Å². The summed E-state index contributed by atoms with van der Waals surface area (Å²) in [6.45, 7) is 7.82. The summed E-state index contributed by atoms with van der Waals surface area (Å²) in [4.78, 5) is 24.6. The maximum Gasteiger partial charge on any atom is 0.315 e. The summed E-state index contributed by atoms with van der Waals surface area (Å²) in [6, 6.07) is 7.29. The molecular formula is C28H37FN8O2. The number of hydrogen-bond acceptors (Lipinski definition) is 7. The highest BCUT2D eigenvalue weighted by atomic mass is 19.1. The summed E-state index contributed by atoms with van der Waals surface area (Å²) < 4.78 is 22.3. The zero-order valence-corrected chi connectivity index (χ0v) is 22.9. The molecule has 0 spiro atoms. The fraction of sp³-hybridized carbons (Fsp3) is 0.500. The van der Waals surface area contributed by atoms with Crippen molar-refractivity contribution in [3.05, 3.63) is 54.0 Å². The lowest BCUT2D eigenvalue weighted by Crippen LogP contribution is -2.65. The van der Waals surface area contributed by atoms with Crippen molar-refractivity contribution < 1.29 is 13.9 Å². The number of carbonyl (C=O) groups is 1. The number of nitrogens with two attached hydrogens (primary N) is 1. The second kappa shape index (κ2) is 11.3. The van der Waals surface area contributed by atoms with Crippen LogP contribution in [0.15, 0.2) is 42.9 Å². The molecule has 2 aromatic heterocycles. The number of piperidine rings is 1. The van der Waals surface area contributed by atoms with Crippen LogP contribution in [0.4, 0.5) is 20.8 Å². The molecule has 3 N–H and O–H groups in total. The van der Waals surface area contributed by atoms with Crippen molar-refractivity contribution in [2.24, 2.45) is 5.73 Å². The number of benzene rings is 1. The summed E-state index contributed by atoms with van der Waals surface area (Å²) in [7, 11) is 1.93. The Morgan fingerprint density at radius 1 is 1.28 bits per heavy atom. The van der Waals surface area contributed by atoms with Crippen LogP contribution in [0.5, 0.6) is 0 Å². The quantitative estimate of drug-likeness (QED) is 0.451. The van der Waals surface area contributed by atoms with Crippen molar-refractivity contribution in [1.82, 2.24) is 29.5 Å². The van der Waals surface area contributed by atoms with E-state index < -0.39 is 12.2 Å². The highest BCUT2D eigenvalue weighted by Crippen LogP contribution is 2.29. The van der Waals surface area contributed by atoms with E-state index in [1.54, 1.807) is 22.0 Å². The lowest BCUT2D eigenvalue weighted by Gasteiger charge is -2.47. The lowest BCUT2D eigenvalue weighted by molar-refractivity contribution is -0.103. The molecule has 2 saturated heterocycles. The first-order valence-corrected chi connectivity index (χ1v) is 13.5. The van der Waals surface area contributed by atoms with E-state index in [1.165, 1.54) is 0 Å². The second-order valence-electron chi connectivity index (χ2n) is 10.9. The SMILES string of the molecule is Cc1cc(-c2ccnc(Nc3cnn(C4CCN(C)CC4F)c3)n2)ccc1CC1C(OC(C)C)CN1C(N)=O. The third kappa shape index (κ3) is 6.04.